The molecule has 0 aliphatic carbocycles. The predicted octanol–water partition coefficient (Wildman–Crippen LogP) is 3.58. The Balaban J connectivity index is 0.00000361. The minimum Gasteiger partial charge on any atom is -0.427 e. The normalized spacial score (nSPS) is 10.4. The lowest BCUT2D eigenvalue weighted by Gasteiger charge is -2.16. The monoisotopic (exact) mass is 344 g/mol. The van der Waals surface area contributed by atoms with E-state index >= 15 is 0 Å². The van der Waals surface area contributed by atoms with Crippen LogP contribution in [0.1, 0.15) is 42.3 Å². The first-order valence-corrected chi connectivity index (χ1v) is 6.14. The quantitative estimate of drug-likeness (QED) is 0.621. The molecule has 1 rings (SSSR count). The zero-order valence-electron chi connectivity index (χ0n) is 12.5. The minimum atomic E-state index is -0.605. The molecule has 0 saturated heterocycles. The zero-order chi connectivity index (χ0) is 14.6. The predicted molar refractivity (Wildman–Crippen MR) is 82.1 cm³/mol. The molecule has 0 spiro atoms. The molecule has 20 heavy (non-hydrogen) atoms. The third-order valence-electron chi connectivity index (χ3n) is 2.82. The molecular formula is C15H21BrO4. The number of esters is 2. The van der Waals surface area contributed by atoms with Gasteiger partial charge in [0.1, 0.15) is 0 Å². The summed E-state index contributed by atoms with van der Waals surface area (Å²) >= 11 is 0. The van der Waals surface area contributed by atoms with Gasteiger partial charge in [-0.05, 0) is 51.8 Å². The van der Waals surface area contributed by atoms with Gasteiger partial charge in [-0.25, -0.2) is 4.79 Å². The molecule has 0 aliphatic heterocycles. The first-order chi connectivity index (χ1) is 8.73. The van der Waals surface area contributed by atoms with Crippen LogP contribution in [0.5, 0.6) is 0 Å². The summed E-state index contributed by atoms with van der Waals surface area (Å²) in [7, 11) is 0. The fraction of sp³-hybridized carbons (Fsp3) is 0.467. The molecule has 0 unspecified atom stereocenters. The second-order valence-electron chi connectivity index (χ2n) is 5.48. The van der Waals surface area contributed by atoms with Crippen molar-refractivity contribution >= 4 is 28.9 Å². The van der Waals surface area contributed by atoms with E-state index in [1.807, 2.05) is 19.9 Å². The second-order valence-corrected chi connectivity index (χ2v) is 5.48. The second kappa shape index (κ2) is 7.43. The molecule has 0 saturated carbocycles. The lowest BCUT2D eigenvalue weighted by Crippen LogP contribution is -2.24. The Morgan fingerprint density at radius 3 is 2.25 bits per heavy atom. The Morgan fingerprint density at radius 2 is 1.70 bits per heavy atom. The Labute approximate surface area is 130 Å². The molecule has 4 nitrogen and oxygen atoms in total. The number of halogens is 1. The number of aryl methyl sites for hydroxylation is 1. The van der Waals surface area contributed by atoms with Crippen LogP contribution in [-0.2, 0) is 14.3 Å². The van der Waals surface area contributed by atoms with Crippen molar-refractivity contribution in [3.05, 3.63) is 34.9 Å². The van der Waals surface area contributed by atoms with Crippen LogP contribution in [-0.4, -0.2) is 18.7 Å². The number of hydrogen-bond acceptors (Lipinski definition) is 4. The van der Waals surface area contributed by atoms with Crippen LogP contribution in [0.25, 0.3) is 0 Å². The third-order valence-corrected chi connectivity index (χ3v) is 2.82. The van der Waals surface area contributed by atoms with Gasteiger partial charge in [0.2, 0.25) is 6.79 Å². The molecule has 0 fully saturated rings. The summed E-state index contributed by atoms with van der Waals surface area (Å²) in [5.74, 6) is -0.885. The van der Waals surface area contributed by atoms with Crippen LogP contribution >= 0.6 is 17.0 Å². The molecule has 0 aromatic heterocycles. The van der Waals surface area contributed by atoms with E-state index in [9.17, 15) is 9.59 Å². The Morgan fingerprint density at radius 1 is 1.10 bits per heavy atom. The SMILES string of the molecule is Br.Cc1cccc(C(=O)OCOC(=O)C(C)(C)C)c1C. The van der Waals surface area contributed by atoms with E-state index in [0.717, 1.165) is 11.1 Å². The number of benzene rings is 1. The summed E-state index contributed by atoms with van der Waals surface area (Å²) in [4.78, 5) is 23.3. The van der Waals surface area contributed by atoms with Gasteiger partial charge >= 0.3 is 11.9 Å². The highest BCUT2D eigenvalue weighted by Gasteiger charge is 2.23. The third kappa shape index (κ3) is 4.96. The van der Waals surface area contributed by atoms with Gasteiger partial charge in [0.15, 0.2) is 0 Å². The van der Waals surface area contributed by atoms with Crippen molar-refractivity contribution < 1.29 is 19.1 Å². The van der Waals surface area contributed by atoms with Gasteiger partial charge in [0.05, 0.1) is 11.0 Å². The van der Waals surface area contributed by atoms with Crippen molar-refractivity contribution in [3.63, 3.8) is 0 Å². The molecule has 0 aliphatic rings. The van der Waals surface area contributed by atoms with E-state index in [0.29, 0.717) is 5.56 Å². The van der Waals surface area contributed by atoms with Crippen molar-refractivity contribution in [2.24, 2.45) is 5.41 Å². The maximum atomic E-state index is 11.8. The van der Waals surface area contributed by atoms with E-state index in [2.05, 4.69) is 0 Å². The number of ether oxygens (including phenoxy) is 2. The van der Waals surface area contributed by atoms with Crippen LogP contribution in [0.15, 0.2) is 18.2 Å². The van der Waals surface area contributed by atoms with Gasteiger partial charge < -0.3 is 9.47 Å². The fourth-order valence-electron chi connectivity index (χ4n) is 1.40. The van der Waals surface area contributed by atoms with Crippen molar-refractivity contribution in [3.8, 4) is 0 Å². The number of hydrogen-bond donors (Lipinski definition) is 0. The molecular weight excluding hydrogens is 324 g/mol. The lowest BCUT2D eigenvalue weighted by molar-refractivity contribution is -0.161. The average Bonchev–Trinajstić information content (AvgIpc) is 2.31. The number of carbonyl (C=O) groups is 2. The minimum absolute atomic E-state index is 0. The highest BCUT2D eigenvalue weighted by atomic mass is 79.9. The topological polar surface area (TPSA) is 52.6 Å². The molecule has 0 amide bonds. The molecule has 0 radical (unpaired) electrons. The summed E-state index contributed by atoms with van der Waals surface area (Å²) in [6.07, 6.45) is 0. The molecule has 1 aromatic rings. The molecule has 1 aromatic carbocycles. The maximum Gasteiger partial charge on any atom is 0.341 e. The highest BCUT2D eigenvalue weighted by molar-refractivity contribution is 8.93. The van der Waals surface area contributed by atoms with Gasteiger partial charge in [0, 0.05) is 0 Å². The zero-order valence-corrected chi connectivity index (χ0v) is 14.2. The summed E-state index contributed by atoms with van der Waals surface area (Å²) in [6, 6.07) is 5.40. The van der Waals surface area contributed by atoms with Crippen LogP contribution in [0.3, 0.4) is 0 Å². The van der Waals surface area contributed by atoms with E-state index in [1.54, 1.807) is 32.9 Å². The smallest absolute Gasteiger partial charge is 0.341 e. The van der Waals surface area contributed by atoms with Crippen molar-refractivity contribution in [1.82, 2.24) is 0 Å². The average molecular weight is 345 g/mol. The first-order valence-electron chi connectivity index (χ1n) is 6.14. The van der Waals surface area contributed by atoms with Gasteiger partial charge in [0.25, 0.3) is 0 Å². The number of rotatable bonds is 3. The van der Waals surface area contributed by atoms with Gasteiger partial charge in [-0.15, -0.1) is 17.0 Å². The highest BCUT2D eigenvalue weighted by Crippen LogP contribution is 2.16. The van der Waals surface area contributed by atoms with Crippen LogP contribution in [0.4, 0.5) is 0 Å². The van der Waals surface area contributed by atoms with Gasteiger partial charge in [-0.2, -0.15) is 0 Å². The van der Waals surface area contributed by atoms with Gasteiger partial charge in [-0.3, -0.25) is 4.79 Å². The lowest BCUT2D eigenvalue weighted by atomic mass is 9.98. The summed E-state index contributed by atoms with van der Waals surface area (Å²) in [5, 5.41) is 0. The summed E-state index contributed by atoms with van der Waals surface area (Å²) in [5.41, 5.74) is 1.77. The van der Waals surface area contributed by atoms with Crippen LogP contribution in [0, 0.1) is 19.3 Å². The fourth-order valence-corrected chi connectivity index (χ4v) is 1.40. The number of carbonyl (C=O) groups excluding carboxylic acids is 2. The largest absolute Gasteiger partial charge is 0.427 e. The van der Waals surface area contributed by atoms with E-state index in [4.69, 9.17) is 9.47 Å². The van der Waals surface area contributed by atoms with E-state index in [-0.39, 0.29) is 23.8 Å². The molecule has 0 heterocycles. The molecule has 0 bridgehead atoms. The van der Waals surface area contributed by atoms with Crippen molar-refractivity contribution in [2.45, 2.75) is 34.6 Å². The van der Waals surface area contributed by atoms with E-state index < -0.39 is 17.4 Å². The molecule has 5 heteroatoms. The van der Waals surface area contributed by atoms with Crippen molar-refractivity contribution in [1.29, 1.82) is 0 Å². The summed E-state index contributed by atoms with van der Waals surface area (Å²) in [6.45, 7) is 8.63. The van der Waals surface area contributed by atoms with Crippen LogP contribution < -0.4 is 0 Å². The standard InChI is InChI=1S/C15H20O4.BrH/c1-10-7-6-8-12(11(10)2)13(16)18-9-19-14(17)15(3,4)5;/h6-8H,9H2,1-5H3;1H. The van der Waals surface area contributed by atoms with Crippen molar-refractivity contribution in [2.75, 3.05) is 6.79 Å². The molecule has 112 valence electrons. The van der Waals surface area contributed by atoms with Crippen LogP contribution in [0.2, 0.25) is 0 Å². The summed E-state index contributed by atoms with van der Waals surface area (Å²) < 4.78 is 9.83. The Hall–Kier alpha value is -1.36. The first kappa shape index (κ1) is 18.6. The Kier molecular flexibility index (Phi) is 6.92. The molecule has 0 N–H and O–H groups in total. The maximum absolute atomic E-state index is 11.8. The molecule has 0 atom stereocenters. The van der Waals surface area contributed by atoms with Gasteiger partial charge in [-0.1, -0.05) is 12.1 Å². The van der Waals surface area contributed by atoms with E-state index in [1.165, 1.54) is 0 Å². The Bertz CT molecular complexity index is 489.